The molecule has 0 aliphatic carbocycles. The number of pyridine rings is 1. The van der Waals surface area contributed by atoms with Gasteiger partial charge in [-0.05, 0) is 51.5 Å². The first kappa shape index (κ1) is 23.1. The number of aromatic nitrogens is 2. The van der Waals surface area contributed by atoms with Crippen LogP contribution in [0.25, 0.3) is 16.9 Å². The first-order valence-corrected chi connectivity index (χ1v) is 11.6. The monoisotopic (exact) mass is 468 g/mol. The zero-order chi connectivity index (χ0) is 23.6. The van der Waals surface area contributed by atoms with Crippen LogP contribution in [0.15, 0.2) is 48.7 Å². The van der Waals surface area contributed by atoms with Crippen LogP contribution < -0.4 is 0 Å². The zero-order valence-electron chi connectivity index (χ0n) is 19.3. The summed E-state index contributed by atoms with van der Waals surface area (Å²) >= 11 is 6.07. The third kappa shape index (κ3) is 5.47. The highest BCUT2D eigenvalue weighted by molar-refractivity contribution is 6.30. The van der Waals surface area contributed by atoms with Crippen molar-refractivity contribution in [1.82, 2.24) is 19.2 Å². The van der Waals surface area contributed by atoms with E-state index in [0.29, 0.717) is 37.6 Å². The first-order chi connectivity index (χ1) is 15.7. The fourth-order valence-corrected chi connectivity index (χ4v) is 4.11. The molecule has 3 heterocycles. The van der Waals surface area contributed by atoms with E-state index >= 15 is 0 Å². The first-order valence-electron chi connectivity index (χ1n) is 11.2. The topological polar surface area (TPSA) is 67.2 Å². The highest BCUT2D eigenvalue weighted by atomic mass is 35.5. The summed E-state index contributed by atoms with van der Waals surface area (Å²) in [4.78, 5) is 34.1. The van der Waals surface area contributed by atoms with Gasteiger partial charge in [-0.25, -0.2) is 9.78 Å². The van der Waals surface area contributed by atoms with Crippen LogP contribution in [0.1, 0.15) is 32.9 Å². The quantitative estimate of drug-likeness (QED) is 0.560. The van der Waals surface area contributed by atoms with Crippen molar-refractivity contribution in [1.29, 1.82) is 0 Å². The van der Waals surface area contributed by atoms with Gasteiger partial charge >= 0.3 is 6.09 Å². The number of halogens is 1. The van der Waals surface area contributed by atoms with E-state index in [4.69, 9.17) is 21.3 Å². The lowest BCUT2D eigenvalue weighted by Gasteiger charge is -2.26. The average Bonchev–Trinajstić information content (AvgIpc) is 2.94. The van der Waals surface area contributed by atoms with Gasteiger partial charge in [-0.15, -0.1) is 0 Å². The molecule has 8 heteroatoms. The third-order valence-electron chi connectivity index (χ3n) is 5.57. The molecule has 1 saturated heterocycles. The zero-order valence-corrected chi connectivity index (χ0v) is 20.0. The van der Waals surface area contributed by atoms with Crippen molar-refractivity contribution < 1.29 is 14.3 Å². The van der Waals surface area contributed by atoms with Crippen molar-refractivity contribution in [2.24, 2.45) is 0 Å². The fourth-order valence-electron chi connectivity index (χ4n) is 3.99. The Labute approximate surface area is 198 Å². The minimum absolute atomic E-state index is 0.0157. The van der Waals surface area contributed by atoms with Gasteiger partial charge in [0.25, 0.3) is 0 Å². The van der Waals surface area contributed by atoms with Crippen LogP contribution in [-0.4, -0.2) is 63.0 Å². The maximum Gasteiger partial charge on any atom is 0.410 e. The molecule has 174 valence electrons. The van der Waals surface area contributed by atoms with Crippen LogP contribution in [0.5, 0.6) is 0 Å². The van der Waals surface area contributed by atoms with E-state index < -0.39 is 5.60 Å². The molecule has 4 rings (SSSR count). The maximum atomic E-state index is 13.3. The number of fused-ring (bicyclic) bond motifs is 1. The number of ether oxygens (including phenoxy) is 1. The predicted octanol–water partition coefficient (Wildman–Crippen LogP) is 4.67. The summed E-state index contributed by atoms with van der Waals surface area (Å²) in [7, 11) is 0. The average molecular weight is 469 g/mol. The van der Waals surface area contributed by atoms with Crippen molar-refractivity contribution >= 4 is 29.2 Å². The molecule has 0 saturated carbocycles. The SMILES string of the molecule is CC(C)(C)OC(=O)N1CCCN(C(=O)Cc2c(-c3ccc(Cl)cc3)nc3ccccn23)CC1. The molecule has 0 spiro atoms. The molecule has 0 unspecified atom stereocenters. The van der Waals surface area contributed by atoms with Crippen molar-refractivity contribution in [3.8, 4) is 11.3 Å². The van der Waals surface area contributed by atoms with Crippen molar-refractivity contribution in [2.45, 2.75) is 39.2 Å². The Hall–Kier alpha value is -3.06. The molecule has 0 radical (unpaired) electrons. The third-order valence-corrected chi connectivity index (χ3v) is 5.82. The highest BCUT2D eigenvalue weighted by Crippen LogP contribution is 2.27. The molecule has 0 N–H and O–H groups in total. The van der Waals surface area contributed by atoms with E-state index in [2.05, 4.69) is 0 Å². The largest absolute Gasteiger partial charge is 0.444 e. The summed E-state index contributed by atoms with van der Waals surface area (Å²) < 4.78 is 7.46. The van der Waals surface area contributed by atoms with E-state index in [1.165, 1.54) is 0 Å². The van der Waals surface area contributed by atoms with Gasteiger partial charge < -0.3 is 18.9 Å². The van der Waals surface area contributed by atoms with Crippen LogP contribution >= 0.6 is 11.6 Å². The van der Waals surface area contributed by atoms with Crippen molar-refractivity contribution in [3.05, 3.63) is 59.4 Å². The molecule has 3 aromatic rings. The van der Waals surface area contributed by atoms with E-state index in [9.17, 15) is 9.59 Å². The molecule has 0 atom stereocenters. The van der Waals surface area contributed by atoms with Gasteiger partial charge in [0, 0.05) is 43.0 Å². The van der Waals surface area contributed by atoms with Gasteiger partial charge in [-0.1, -0.05) is 29.8 Å². The minimum Gasteiger partial charge on any atom is -0.444 e. The molecule has 0 bridgehead atoms. The number of rotatable bonds is 3. The minimum atomic E-state index is -0.542. The molecule has 33 heavy (non-hydrogen) atoms. The number of nitrogens with zero attached hydrogens (tertiary/aromatic N) is 4. The predicted molar refractivity (Wildman–Crippen MR) is 128 cm³/mol. The Balaban J connectivity index is 1.53. The molecular formula is C25H29ClN4O3. The van der Waals surface area contributed by atoms with Gasteiger partial charge in [0.15, 0.2) is 0 Å². The molecule has 1 aliphatic heterocycles. The van der Waals surface area contributed by atoms with Crippen LogP contribution in [0.4, 0.5) is 4.79 Å². The second-order valence-electron chi connectivity index (χ2n) is 9.22. The summed E-state index contributed by atoms with van der Waals surface area (Å²) in [5.74, 6) is 0.0157. The maximum absolute atomic E-state index is 13.3. The lowest BCUT2D eigenvalue weighted by atomic mass is 10.1. The molecule has 2 aromatic heterocycles. The lowest BCUT2D eigenvalue weighted by molar-refractivity contribution is -0.130. The summed E-state index contributed by atoms with van der Waals surface area (Å²) in [6.07, 6.45) is 2.53. The Kier molecular flexibility index (Phi) is 6.61. The number of hydrogen-bond donors (Lipinski definition) is 0. The van der Waals surface area contributed by atoms with Crippen molar-refractivity contribution in [3.63, 3.8) is 0 Å². The van der Waals surface area contributed by atoms with Crippen LogP contribution in [0.3, 0.4) is 0 Å². The van der Waals surface area contributed by atoms with Crippen LogP contribution in [0, 0.1) is 0 Å². The normalized spacial score (nSPS) is 14.9. The van der Waals surface area contributed by atoms with Gasteiger partial charge in [0.1, 0.15) is 11.2 Å². The molecule has 1 aliphatic rings. The summed E-state index contributed by atoms with van der Waals surface area (Å²) in [6.45, 7) is 7.67. The summed E-state index contributed by atoms with van der Waals surface area (Å²) in [6, 6.07) is 13.3. The second kappa shape index (κ2) is 9.43. The van der Waals surface area contributed by atoms with Crippen LogP contribution in [0.2, 0.25) is 5.02 Å². The molecule has 1 aromatic carbocycles. The fraction of sp³-hybridized carbons (Fsp3) is 0.400. The number of hydrogen-bond acceptors (Lipinski definition) is 4. The highest BCUT2D eigenvalue weighted by Gasteiger charge is 2.27. The Bertz CT molecular complexity index is 1150. The van der Waals surface area contributed by atoms with Gasteiger partial charge in [-0.3, -0.25) is 4.79 Å². The van der Waals surface area contributed by atoms with E-state index in [1.807, 2.05) is 78.7 Å². The summed E-state index contributed by atoms with van der Waals surface area (Å²) in [5, 5.41) is 0.652. The molecule has 2 amide bonds. The van der Waals surface area contributed by atoms with E-state index in [0.717, 1.165) is 22.6 Å². The lowest BCUT2D eigenvalue weighted by Crippen LogP contribution is -2.40. The van der Waals surface area contributed by atoms with Gasteiger partial charge in [-0.2, -0.15) is 0 Å². The van der Waals surface area contributed by atoms with Gasteiger partial charge in [0.2, 0.25) is 5.91 Å². The number of carbonyl (C=O) groups excluding carboxylic acids is 2. The molecular weight excluding hydrogens is 440 g/mol. The standard InChI is InChI=1S/C25H29ClN4O3/c1-25(2,3)33-24(32)29-13-6-12-28(15-16-29)22(31)17-20-23(18-8-10-19(26)11-9-18)27-21-7-4-5-14-30(20)21/h4-5,7-11,14H,6,12-13,15-17H2,1-3H3. The number of amides is 2. The molecule has 1 fully saturated rings. The summed E-state index contributed by atoms with van der Waals surface area (Å²) in [5.41, 5.74) is 2.78. The van der Waals surface area contributed by atoms with E-state index in [-0.39, 0.29) is 18.4 Å². The Morgan fingerprint density at radius 1 is 1.00 bits per heavy atom. The van der Waals surface area contributed by atoms with Crippen LogP contribution in [-0.2, 0) is 16.0 Å². The second-order valence-corrected chi connectivity index (χ2v) is 9.66. The van der Waals surface area contributed by atoms with E-state index in [1.54, 1.807) is 4.90 Å². The van der Waals surface area contributed by atoms with Gasteiger partial charge in [0.05, 0.1) is 17.8 Å². The number of imidazole rings is 1. The number of carbonyl (C=O) groups is 2. The number of benzene rings is 1. The van der Waals surface area contributed by atoms with Crippen molar-refractivity contribution in [2.75, 3.05) is 26.2 Å². The molecule has 7 nitrogen and oxygen atoms in total. The Morgan fingerprint density at radius 2 is 1.70 bits per heavy atom. The smallest absolute Gasteiger partial charge is 0.410 e. The Morgan fingerprint density at radius 3 is 2.42 bits per heavy atom.